The van der Waals surface area contributed by atoms with Crippen LogP contribution in [0.4, 0.5) is 0 Å². The molecule has 0 fully saturated rings. The lowest BCUT2D eigenvalue weighted by Gasteiger charge is -2.15. The normalized spacial score (nSPS) is 12.4. The van der Waals surface area contributed by atoms with Crippen LogP contribution in [0.25, 0.3) is 0 Å². The lowest BCUT2D eigenvalue weighted by molar-refractivity contribution is 0.694. The minimum Gasteiger partial charge on any atom is -0.330 e. The standard InChI is InChI=1S/C15H16ClN/c16-15-8-4-5-12(10-15)9-14(11-17)13-6-2-1-3-7-13/h1-8,10,14H,9,11,17H2. The summed E-state index contributed by atoms with van der Waals surface area (Å²) in [5.74, 6) is 0.356. The highest BCUT2D eigenvalue weighted by atomic mass is 35.5. The maximum absolute atomic E-state index is 5.99. The largest absolute Gasteiger partial charge is 0.330 e. The van der Waals surface area contributed by atoms with Gasteiger partial charge in [0.1, 0.15) is 0 Å². The molecule has 2 heteroatoms. The first-order chi connectivity index (χ1) is 8.29. The highest BCUT2D eigenvalue weighted by molar-refractivity contribution is 6.30. The quantitative estimate of drug-likeness (QED) is 0.875. The van der Waals surface area contributed by atoms with Crippen molar-refractivity contribution >= 4 is 11.6 Å². The second-order valence-corrected chi connectivity index (χ2v) is 4.61. The molecule has 88 valence electrons. The molecule has 0 aliphatic carbocycles. The Labute approximate surface area is 107 Å². The van der Waals surface area contributed by atoms with E-state index in [1.807, 2.05) is 24.3 Å². The summed E-state index contributed by atoms with van der Waals surface area (Å²) in [6, 6.07) is 18.4. The fourth-order valence-electron chi connectivity index (χ4n) is 2.01. The molecule has 0 aliphatic heterocycles. The van der Waals surface area contributed by atoms with Crippen LogP contribution in [0, 0.1) is 0 Å². The van der Waals surface area contributed by atoms with Crippen molar-refractivity contribution in [2.45, 2.75) is 12.3 Å². The Kier molecular flexibility index (Phi) is 4.18. The zero-order valence-corrected chi connectivity index (χ0v) is 10.4. The van der Waals surface area contributed by atoms with Gasteiger partial charge in [-0.05, 0) is 36.2 Å². The second kappa shape index (κ2) is 5.85. The van der Waals surface area contributed by atoms with Crippen molar-refractivity contribution in [3.63, 3.8) is 0 Å². The Morgan fingerprint density at radius 2 is 1.76 bits per heavy atom. The Morgan fingerprint density at radius 1 is 1.00 bits per heavy atom. The van der Waals surface area contributed by atoms with E-state index < -0.39 is 0 Å². The van der Waals surface area contributed by atoms with Crippen molar-refractivity contribution in [1.29, 1.82) is 0 Å². The van der Waals surface area contributed by atoms with E-state index in [9.17, 15) is 0 Å². The molecule has 0 saturated carbocycles. The molecule has 0 bridgehead atoms. The van der Waals surface area contributed by atoms with Crippen molar-refractivity contribution in [3.8, 4) is 0 Å². The first-order valence-electron chi connectivity index (χ1n) is 5.79. The summed E-state index contributed by atoms with van der Waals surface area (Å²) in [6.45, 7) is 0.649. The number of rotatable bonds is 4. The van der Waals surface area contributed by atoms with E-state index in [-0.39, 0.29) is 0 Å². The number of nitrogens with two attached hydrogens (primary N) is 1. The average molecular weight is 246 g/mol. The van der Waals surface area contributed by atoms with Crippen molar-refractivity contribution in [1.82, 2.24) is 0 Å². The molecule has 0 radical (unpaired) electrons. The Balaban J connectivity index is 2.16. The minimum absolute atomic E-state index is 0.356. The van der Waals surface area contributed by atoms with Gasteiger partial charge in [0.15, 0.2) is 0 Å². The summed E-state index contributed by atoms with van der Waals surface area (Å²) in [5, 5.41) is 0.784. The minimum atomic E-state index is 0.356. The molecule has 2 aromatic carbocycles. The smallest absolute Gasteiger partial charge is 0.0408 e. The Morgan fingerprint density at radius 3 is 2.41 bits per heavy atom. The lowest BCUT2D eigenvalue weighted by Crippen LogP contribution is -2.14. The van der Waals surface area contributed by atoms with Gasteiger partial charge >= 0.3 is 0 Å². The summed E-state index contributed by atoms with van der Waals surface area (Å²) >= 11 is 5.99. The van der Waals surface area contributed by atoms with Crippen LogP contribution < -0.4 is 5.73 Å². The molecule has 0 spiro atoms. The number of hydrogen-bond acceptors (Lipinski definition) is 1. The summed E-state index contributed by atoms with van der Waals surface area (Å²) in [6.07, 6.45) is 0.932. The predicted molar refractivity (Wildman–Crippen MR) is 73.4 cm³/mol. The van der Waals surface area contributed by atoms with E-state index in [0.29, 0.717) is 12.5 Å². The van der Waals surface area contributed by atoms with Crippen molar-refractivity contribution in [2.75, 3.05) is 6.54 Å². The lowest BCUT2D eigenvalue weighted by atomic mass is 9.92. The molecule has 0 saturated heterocycles. The van der Waals surface area contributed by atoms with Crippen LogP contribution in [-0.4, -0.2) is 6.54 Å². The van der Waals surface area contributed by atoms with E-state index in [1.165, 1.54) is 11.1 Å². The average Bonchev–Trinajstić information content (AvgIpc) is 2.37. The van der Waals surface area contributed by atoms with Gasteiger partial charge in [-0.1, -0.05) is 54.1 Å². The molecule has 2 aromatic rings. The molecule has 2 N–H and O–H groups in total. The monoisotopic (exact) mass is 245 g/mol. The van der Waals surface area contributed by atoms with Gasteiger partial charge in [-0.15, -0.1) is 0 Å². The van der Waals surface area contributed by atoms with Crippen LogP contribution in [-0.2, 0) is 6.42 Å². The van der Waals surface area contributed by atoms with Crippen LogP contribution in [0.1, 0.15) is 17.0 Å². The van der Waals surface area contributed by atoms with Gasteiger partial charge in [0.25, 0.3) is 0 Å². The van der Waals surface area contributed by atoms with Crippen LogP contribution in [0.15, 0.2) is 54.6 Å². The van der Waals surface area contributed by atoms with Crippen molar-refractivity contribution in [2.24, 2.45) is 5.73 Å². The molecule has 1 atom stereocenters. The van der Waals surface area contributed by atoms with E-state index in [1.54, 1.807) is 0 Å². The Hall–Kier alpha value is -1.31. The molecule has 0 aromatic heterocycles. The maximum atomic E-state index is 5.99. The molecule has 0 aliphatic rings. The molecule has 1 unspecified atom stereocenters. The third kappa shape index (κ3) is 3.32. The first kappa shape index (κ1) is 12.2. The van der Waals surface area contributed by atoms with Gasteiger partial charge in [0.2, 0.25) is 0 Å². The van der Waals surface area contributed by atoms with E-state index >= 15 is 0 Å². The maximum Gasteiger partial charge on any atom is 0.0408 e. The second-order valence-electron chi connectivity index (χ2n) is 4.18. The highest BCUT2D eigenvalue weighted by Crippen LogP contribution is 2.21. The van der Waals surface area contributed by atoms with Gasteiger partial charge in [0.05, 0.1) is 0 Å². The fourth-order valence-corrected chi connectivity index (χ4v) is 2.22. The Bertz CT molecular complexity index is 467. The van der Waals surface area contributed by atoms with Crippen LogP contribution in [0.3, 0.4) is 0 Å². The van der Waals surface area contributed by atoms with E-state index in [0.717, 1.165) is 11.4 Å². The third-order valence-electron chi connectivity index (χ3n) is 2.93. The summed E-state index contributed by atoms with van der Waals surface area (Å²) < 4.78 is 0. The molecule has 1 nitrogen and oxygen atoms in total. The molecule has 0 amide bonds. The van der Waals surface area contributed by atoms with Gasteiger partial charge < -0.3 is 5.73 Å². The third-order valence-corrected chi connectivity index (χ3v) is 3.16. The molecular weight excluding hydrogens is 230 g/mol. The van der Waals surface area contributed by atoms with Crippen molar-refractivity contribution < 1.29 is 0 Å². The zero-order chi connectivity index (χ0) is 12.1. The SMILES string of the molecule is NCC(Cc1cccc(Cl)c1)c1ccccc1. The van der Waals surface area contributed by atoms with E-state index in [2.05, 4.69) is 30.3 Å². The summed E-state index contributed by atoms with van der Waals surface area (Å²) in [7, 11) is 0. The van der Waals surface area contributed by atoms with Gasteiger partial charge in [-0.25, -0.2) is 0 Å². The van der Waals surface area contributed by atoms with Crippen molar-refractivity contribution in [3.05, 3.63) is 70.7 Å². The molecular formula is C15H16ClN. The first-order valence-corrected chi connectivity index (χ1v) is 6.17. The fraction of sp³-hybridized carbons (Fsp3) is 0.200. The molecule has 17 heavy (non-hydrogen) atoms. The summed E-state index contributed by atoms with van der Waals surface area (Å²) in [4.78, 5) is 0. The van der Waals surface area contributed by atoms with Gasteiger partial charge in [-0.3, -0.25) is 0 Å². The number of benzene rings is 2. The summed E-state index contributed by atoms with van der Waals surface area (Å²) in [5.41, 5.74) is 8.38. The van der Waals surface area contributed by atoms with Gasteiger partial charge in [-0.2, -0.15) is 0 Å². The topological polar surface area (TPSA) is 26.0 Å². The predicted octanol–water partition coefficient (Wildman–Crippen LogP) is 3.63. The number of halogens is 1. The van der Waals surface area contributed by atoms with Crippen LogP contribution >= 0.6 is 11.6 Å². The molecule has 2 rings (SSSR count). The van der Waals surface area contributed by atoms with Gasteiger partial charge in [0, 0.05) is 10.9 Å². The van der Waals surface area contributed by atoms with E-state index in [4.69, 9.17) is 17.3 Å². The molecule has 0 heterocycles. The van der Waals surface area contributed by atoms with Crippen LogP contribution in [0.5, 0.6) is 0 Å². The van der Waals surface area contributed by atoms with Crippen LogP contribution in [0.2, 0.25) is 5.02 Å². The number of hydrogen-bond donors (Lipinski definition) is 1. The highest BCUT2D eigenvalue weighted by Gasteiger charge is 2.10. The zero-order valence-electron chi connectivity index (χ0n) is 9.64.